The highest BCUT2D eigenvalue weighted by Gasteiger charge is 2.32. The van der Waals surface area contributed by atoms with Gasteiger partial charge in [0.25, 0.3) is 11.6 Å². The van der Waals surface area contributed by atoms with Crippen LogP contribution in [0.4, 0.5) is 20.2 Å². The fourth-order valence-corrected chi connectivity index (χ4v) is 3.05. The van der Waals surface area contributed by atoms with Gasteiger partial charge in [-0.25, -0.2) is 8.78 Å². The predicted molar refractivity (Wildman–Crippen MR) is 93.6 cm³/mol. The van der Waals surface area contributed by atoms with E-state index in [1.807, 2.05) is 0 Å². The second-order valence-corrected chi connectivity index (χ2v) is 6.07. The van der Waals surface area contributed by atoms with Gasteiger partial charge in [0.1, 0.15) is 11.8 Å². The van der Waals surface area contributed by atoms with E-state index in [9.17, 15) is 23.7 Å². The zero-order valence-electron chi connectivity index (χ0n) is 14.4. The lowest BCUT2D eigenvalue weighted by Gasteiger charge is -2.21. The van der Waals surface area contributed by atoms with Gasteiger partial charge in [-0.05, 0) is 36.2 Å². The van der Waals surface area contributed by atoms with Gasteiger partial charge in [-0.15, -0.1) is 0 Å². The number of nitro benzene ring substituents is 1. The number of amides is 1. The van der Waals surface area contributed by atoms with Gasteiger partial charge >= 0.3 is 0 Å². The molecule has 0 bridgehead atoms. The monoisotopic (exact) mass is 377 g/mol. The van der Waals surface area contributed by atoms with E-state index >= 15 is 0 Å². The number of nitrogens with one attached hydrogen (secondary N) is 2. The van der Waals surface area contributed by atoms with E-state index in [1.165, 1.54) is 31.3 Å². The molecule has 2 N–H and O–H groups in total. The number of carbonyl (C=O) groups excluding carboxylic acids is 1. The number of anilines is 1. The summed E-state index contributed by atoms with van der Waals surface area (Å²) >= 11 is 0. The zero-order valence-corrected chi connectivity index (χ0v) is 14.4. The molecule has 1 aliphatic heterocycles. The summed E-state index contributed by atoms with van der Waals surface area (Å²) in [5.41, 5.74) is 0.561. The molecule has 0 saturated carbocycles. The van der Waals surface area contributed by atoms with Crippen LogP contribution < -0.4 is 10.6 Å². The number of hydrogen-bond acceptors (Lipinski definition) is 5. The van der Waals surface area contributed by atoms with Gasteiger partial charge in [-0.2, -0.15) is 0 Å². The third kappa shape index (κ3) is 3.87. The zero-order chi connectivity index (χ0) is 19.6. The molecule has 1 amide bonds. The summed E-state index contributed by atoms with van der Waals surface area (Å²) in [6.45, 7) is 0.367. The molecule has 142 valence electrons. The van der Waals surface area contributed by atoms with Gasteiger partial charge in [-0.1, -0.05) is 6.07 Å². The maximum absolute atomic E-state index is 13.5. The van der Waals surface area contributed by atoms with Crippen LogP contribution in [0.5, 0.6) is 0 Å². The Hall–Kier alpha value is -3.07. The van der Waals surface area contributed by atoms with Crippen LogP contribution >= 0.6 is 0 Å². The number of nitrogens with zero attached hydrogens (tertiary/aromatic N) is 1. The van der Waals surface area contributed by atoms with Gasteiger partial charge in [0.05, 0.1) is 11.0 Å². The van der Waals surface area contributed by atoms with Crippen molar-refractivity contribution in [1.29, 1.82) is 0 Å². The number of benzene rings is 2. The third-order valence-electron chi connectivity index (χ3n) is 4.39. The van der Waals surface area contributed by atoms with E-state index < -0.39 is 28.6 Å². The number of nitro groups is 1. The molecule has 2 aromatic carbocycles. The summed E-state index contributed by atoms with van der Waals surface area (Å²) in [4.78, 5) is 22.5. The van der Waals surface area contributed by atoms with Gasteiger partial charge in [-0.3, -0.25) is 14.9 Å². The number of ether oxygens (including phenoxy) is 1. The summed E-state index contributed by atoms with van der Waals surface area (Å²) in [5.74, 6) is -2.38. The summed E-state index contributed by atoms with van der Waals surface area (Å²) < 4.78 is 32.3. The lowest BCUT2D eigenvalue weighted by molar-refractivity contribution is -0.384. The van der Waals surface area contributed by atoms with Crippen LogP contribution in [0.2, 0.25) is 0 Å². The van der Waals surface area contributed by atoms with Gasteiger partial charge < -0.3 is 15.4 Å². The van der Waals surface area contributed by atoms with Crippen LogP contribution in [0, 0.1) is 21.7 Å². The molecule has 1 aliphatic rings. The minimum atomic E-state index is -0.984. The molecule has 2 atom stereocenters. The first-order valence-electron chi connectivity index (χ1n) is 8.24. The van der Waals surface area contributed by atoms with E-state index in [0.717, 1.165) is 12.1 Å². The first-order chi connectivity index (χ1) is 12.9. The first-order valence-corrected chi connectivity index (χ1v) is 8.24. The van der Waals surface area contributed by atoms with Crippen molar-refractivity contribution in [3.8, 4) is 0 Å². The maximum atomic E-state index is 13.5. The molecule has 1 heterocycles. The minimum Gasteiger partial charge on any atom is -0.374 e. The van der Waals surface area contributed by atoms with Gasteiger partial charge in [0.2, 0.25) is 0 Å². The standard InChI is InChI=1S/C18H17F2N3O4/c1-21-18(24)11-3-5-14(16(9-11)23(25)26)22-15-6-7-27-17(15)10-2-4-12(19)13(20)8-10/h2-5,8-9,15,17,22H,6-7H2,1H3,(H,21,24). The number of halogens is 2. The molecule has 0 radical (unpaired) electrons. The van der Waals surface area contributed by atoms with Crippen molar-refractivity contribution >= 4 is 17.3 Å². The molecule has 2 aromatic rings. The van der Waals surface area contributed by atoms with Crippen LogP contribution in [0.1, 0.15) is 28.4 Å². The Morgan fingerprint density at radius 3 is 2.67 bits per heavy atom. The van der Waals surface area contributed by atoms with Gasteiger partial charge in [0.15, 0.2) is 11.6 Å². The third-order valence-corrected chi connectivity index (χ3v) is 4.39. The van der Waals surface area contributed by atoms with Crippen LogP contribution in [-0.4, -0.2) is 30.5 Å². The number of carbonyl (C=O) groups is 1. The van der Waals surface area contributed by atoms with Crippen LogP contribution in [0.3, 0.4) is 0 Å². The minimum absolute atomic E-state index is 0.162. The normalized spacial score (nSPS) is 18.9. The topological polar surface area (TPSA) is 93.5 Å². The molecular formula is C18H17F2N3O4. The summed E-state index contributed by atoms with van der Waals surface area (Å²) in [5, 5.41) is 16.9. The van der Waals surface area contributed by atoms with Crippen molar-refractivity contribution in [2.45, 2.75) is 18.6 Å². The largest absolute Gasteiger partial charge is 0.374 e. The van der Waals surface area contributed by atoms with E-state index in [-0.39, 0.29) is 23.0 Å². The van der Waals surface area contributed by atoms with Crippen molar-refractivity contribution in [2.75, 3.05) is 19.0 Å². The highest BCUT2D eigenvalue weighted by molar-refractivity contribution is 5.95. The predicted octanol–water partition coefficient (Wildman–Crippen LogP) is 3.17. The Morgan fingerprint density at radius 2 is 2.00 bits per heavy atom. The highest BCUT2D eigenvalue weighted by Crippen LogP contribution is 2.35. The Kier molecular flexibility index (Phi) is 5.31. The SMILES string of the molecule is CNC(=O)c1ccc(NC2CCOC2c2ccc(F)c(F)c2)c([N+](=O)[O-])c1. The van der Waals surface area contributed by atoms with Crippen LogP contribution in [0.15, 0.2) is 36.4 Å². The average Bonchev–Trinajstić information content (AvgIpc) is 3.11. The summed E-state index contributed by atoms with van der Waals surface area (Å²) in [6.07, 6.45) is -0.0591. The first kappa shape index (κ1) is 18.7. The second-order valence-electron chi connectivity index (χ2n) is 6.07. The molecule has 0 aromatic heterocycles. The summed E-state index contributed by atoms with van der Waals surface area (Å²) in [7, 11) is 1.43. The Balaban J connectivity index is 1.88. The maximum Gasteiger partial charge on any atom is 0.293 e. The van der Waals surface area contributed by atoms with Crippen LogP contribution in [-0.2, 0) is 4.74 Å². The van der Waals surface area contributed by atoms with E-state index in [1.54, 1.807) is 0 Å². The Morgan fingerprint density at radius 1 is 1.22 bits per heavy atom. The fraction of sp³-hybridized carbons (Fsp3) is 0.278. The second kappa shape index (κ2) is 7.67. The highest BCUT2D eigenvalue weighted by atomic mass is 19.2. The van der Waals surface area contributed by atoms with Crippen molar-refractivity contribution in [2.24, 2.45) is 0 Å². The number of hydrogen-bond donors (Lipinski definition) is 2. The Bertz CT molecular complexity index is 891. The molecule has 1 fully saturated rings. The Labute approximate surface area is 153 Å². The van der Waals surface area contributed by atoms with E-state index in [2.05, 4.69) is 10.6 Å². The van der Waals surface area contributed by atoms with Crippen molar-refractivity contribution in [3.05, 3.63) is 69.3 Å². The molecule has 7 nitrogen and oxygen atoms in total. The average molecular weight is 377 g/mol. The van der Waals surface area contributed by atoms with Crippen molar-refractivity contribution in [3.63, 3.8) is 0 Å². The lowest BCUT2D eigenvalue weighted by atomic mass is 10.0. The summed E-state index contributed by atoms with van der Waals surface area (Å²) in [6, 6.07) is 7.22. The van der Waals surface area contributed by atoms with Crippen molar-refractivity contribution < 1.29 is 23.2 Å². The van der Waals surface area contributed by atoms with Crippen LogP contribution in [0.25, 0.3) is 0 Å². The van der Waals surface area contributed by atoms with E-state index in [0.29, 0.717) is 18.6 Å². The quantitative estimate of drug-likeness (QED) is 0.617. The molecule has 1 saturated heterocycles. The number of rotatable bonds is 5. The van der Waals surface area contributed by atoms with Crippen molar-refractivity contribution in [1.82, 2.24) is 5.32 Å². The fourth-order valence-electron chi connectivity index (χ4n) is 3.05. The molecule has 2 unspecified atom stereocenters. The molecule has 3 rings (SSSR count). The molecule has 27 heavy (non-hydrogen) atoms. The van der Waals surface area contributed by atoms with Gasteiger partial charge in [0, 0.05) is 25.3 Å². The smallest absolute Gasteiger partial charge is 0.293 e. The molecule has 0 spiro atoms. The molecule has 9 heteroatoms. The van der Waals surface area contributed by atoms with E-state index in [4.69, 9.17) is 4.74 Å². The molecule has 0 aliphatic carbocycles. The lowest BCUT2D eigenvalue weighted by Crippen LogP contribution is -2.24. The molecular weight excluding hydrogens is 360 g/mol.